The number of rotatable bonds is 16. The van der Waals surface area contributed by atoms with Gasteiger partial charge in [0.25, 0.3) is 0 Å². The second-order valence-electron chi connectivity index (χ2n) is 9.75. The summed E-state index contributed by atoms with van der Waals surface area (Å²) in [5.74, 6) is 1.01. The van der Waals surface area contributed by atoms with Crippen molar-refractivity contribution in [3.05, 3.63) is 93.5 Å². The molecule has 0 aromatic heterocycles. The Hall–Kier alpha value is -3.22. The first-order valence-electron chi connectivity index (χ1n) is 14.3. The molecule has 3 aromatic carbocycles. The van der Waals surface area contributed by atoms with Gasteiger partial charge in [-0.2, -0.15) is 0 Å². The molecular formula is C33H40Cl2N2O4. The van der Waals surface area contributed by atoms with E-state index < -0.39 is 6.04 Å². The molecule has 0 saturated heterocycles. The summed E-state index contributed by atoms with van der Waals surface area (Å²) in [6, 6.07) is 20.0. The zero-order chi connectivity index (χ0) is 29.6. The van der Waals surface area contributed by atoms with Gasteiger partial charge in [0.05, 0.1) is 13.2 Å². The Balaban J connectivity index is 1.91. The number of amides is 2. The number of ether oxygens (including phenoxy) is 2. The molecule has 0 unspecified atom stereocenters. The number of hydrogen-bond acceptors (Lipinski definition) is 4. The van der Waals surface area contributed by atoms with Crippen LogP contribution in [0.25, 0.3) is 0 Å². The van der Waals surface area contributed by atoms with Crippen LogP contribution in [0.3, 0.4) is 0 Å². The van der Waals surface area contributed by atoms with E-state index in [2.05, 4.69) is 12.2 Å². The number of nitrogens with one attached hydrogen (secondary N) is 1. The van der Waals surface area contributed by atoms with Crippen molar-refractivity contribution < 1.29 is 19.1 Å². The highest BCUT2D eigenvalue weighted by atomic mass is 35.5. The van der Waals surface area contributed by atoms with Crippen molar-refractivity contribution in [2.45, 2.75) is 65.5 Å². The van der Waals surface area contributed by atoms with Gasteiger partial charge in [-0.25, -0.2) is 0 Å². The molecule has 0 aliphatic carbocycles. The second-order valence-corrected chi connectivity index (χ2v) is 10.6. The highest BCUT2D eigenvalue weighted by Gasteiger charge is 2.30. The SMILES string of the molecule is CCCCNC(=O)[C@@H](Cc1ccccc1)N(Cc1ccc(Cl)cc1Cl)C(=O)CCc1ccc(OCC)c(OCC)c1. The number of unbranched alkanes of at least 4 members (excludes halogenated alkanes) is 1. The van der Waals surface area contributed by atoms with Gasteiger partial charge in [-0.3, -0.25) is 9.59 Å². The van der Waals surface area contributed by atoms with Gasteiger partial charge in [0.1, 0.15) is 6.04 Å². The van der Waals surface area contributed by atoms with Crippen LogP contribution in [-0.2, 0) is 29.0 Å². The van der Waals surface area contributed by atoms with Crippen LogP contribution in [0.15, 0.2) is 66.7 Å². The molecule has 6 nitrogen and oxygen atoms in total. The molecule has 41 heavy (non-hydrogen) atoms. The van der Waals surface area contributed by atoms with Crippen molar-refractivity contribution >= 4 is 35.0 Å². The largest absolute Gasteiger partial charge is 0.490 e. The van der Waals surface area contributed by atoms with Crippen LogP contribution >= 0.6 is 23.2 Å². The van der Waals surface area contributed by atoms with E-state index in [0.717, 1.165) is 29.5 Å². The van der Waals surface area contributed by atoms with Crippen molar-refractivity contribution in [3.8, 4) is 11.5 Å². The first-order valence-corrected chi connectivity index (χ1v) is 15.0. The average molecular weight is 600 g/mol. The van der Waals surface area contributed by atoms with Crippen LogP contribution in [0.2, 0.25) is 10.0 Å². The van der Waals surface area contributed by atoms with Crippen LogP contribution in [0, 0.1) is 0 Å². The maximum absolute atomic E-state index is 14.0. The van der Waals surface area contributed by atoms with Gasteiger partial charge in [0.15, 0.2) is 11.5 Å². The normalized spacial score (nSPS) is 11.5. The quantitative estimate of drug-likeness (QED) is 0.176. The third-order valence-electron chi connectivity index (χ3n) is 6.69. The predicted octanol–water partition coefficient (Wildman–Crippen LogP) is 7.28. The number of carbonyl (C=O) groups excluding carboxylic acids is 2. The van der Waals surface area contributed by atoms with Crippen molar-refractivity contribution in [1.82, 2.24) is 10.2 Å². The van der Waals surface area contributed by atoms with Gasteiger partial charge in [0.2, 0.25) is 11.8 Å². The van der Waals surface area contributed by atoms with Crippen molar-refractivity contribution in [3.63, 3.8) is 0 Å². The zero-order valence-electron chi connectivity index (χ0n) is 24.1. The summed E-state index contributed by atoms with van der Waals surface area (Å²) < 4.78 is 11.5. The average Bonchev–Trinajstić information content (AvgIpc) is 2.96. The molecule has 0 saturated carbocycles. The van der Waals surface area contributed by atoms with Gasteiger partial charge < -0.3 is 19.7 Å². The number of nitrogens with zero attached hydrogens (tertiary/aromatic N) is 1. The van der Waals surface area contributed by atoms with E-state index in [1.165, 1.54) is 0 Å². The number of hydrogen-bond donors (Lipinski definition) is 1. The lowest BCUT2D eigenvalue weighted by atomic mass is 10.0. The van der Waals surface area contributed by atoms with Crippen molar-refractivity contribution in [1.29, 1.82) is 0 Å². The van der Waals surface area contributed by atoms with E-state index in [1.54, 1.807) is 23.1 Å². The van der Waals surface area contributed by atoms with Gasteiger partial charge in [0, 0.05) is 36.0 Å². The van der Waals surface area contributed by atoms with Crippen LogP contribution in [0.5, 0.6) is 11.5 Å². The Morgan fingerprint density at radius 2 is 1.61 bits per heavy atom. The molecule has 0 heterocycles. The first kappa shape index (κ1) is 32.3. The summed E-state index contributed by atoms with van der Waals surface area (Å²) in [5, 5.41) is 4.01. The minimum absolute atomic E-state index is 0.144. The highest BCUT2D eigenvalue weighted by Crippen LogP contribution is 2.29. The summed E-state index contributed by atoms with van der Waals surface area (Å²) in [6.07, 6.45) is 2.89. The third kappa shape index (κ3) is 9.98. The van der Waals surface area contributed by atoms with Crippen LogP contribution in [0.1, 0.15) is 56.7 Å². The summed E-state index contributed by atoms with van der Waals surface area (Å²) in [5.41, 5.74) is 2.64. The van der Waals surface area contributed by atoms with E-state index in [-0.39, 0.29) is 24.8 Å². The van der Waals surface area contributed by atoms with Crippen LogP contribution in [0.4, 0.5) is 0 Å². The molecule has 220 valence electrons. The monoisotopic (exact) mass is 598 g/mol. The summed E-state index contributed by atoms with van der Waals surface area (Å²) in [6.45, 7) is 7.69. The van der Waals surface area contributed by atoms with Crippen molar-refractivity contribution in [2.75, 3.05) is 19.8 Å². The lowest BCUT2D eigenvalue weighted by Crippen LogP contribution is -2.50. The van der Waals surface area contributed by atoms with Crippen LogP contribution in [-0.4, -0.2) is 42.5 Å². The Labute approximate surface area is 253 Å². The fourth-order valence-electron chi connectivity index (χ4n) is 4.54. The molecule has 0 fully saturated rings. The fraction of sp³-hybridized carbons (Fsp3) is 0.394. The Kier molecular flexibility index (Phi) is 13.3. The number of halogens is 2. The van der Waals surface area contributed by atoms with E-state index in [1.807, 2.05) is 62.4 Å². The van der Waals surface area contributed by atoms with Crippen LogP contribution < -0.4 is 14.8 Å². The molecule has 1 atom stereocenters. The minimum Gasteiger partial charge on any atom is -0.490 e. The zero-order valence-corrected chi connectivity index (χ0v) is 25.6. The molecule has 0 bridgehead atoms. The first-order chi connectivity index (χ1) is 19.9. The van der Waals surface area contributed by atoms with E-state index >= 15 is 0 Å². The molecule has 3 rings (SSSR count). The number of carbonyl (C=O) groups is 2. The molecule has 0 radical (unpaired) electrons. The van der Waals surface area contributed by atoms with E-state index in [4.69, 9.17) is 32.7 Å². The molecule has 0 aliphatic rings. The van der Waals surface area contributed by atoms with Gasteiger partial charge in [-0.05, 0) is 67.6 Å². The molecular weight excluding hydrogens is 559 g/mol. The predicted molar refractivity (Wildman–Crippen MR) is 166 cm³/mol. The standard InChI is InChI=1S/C33H40Cl2N2O4/c1-4-7-19-36-33(39)29(20-24-11-9-8-10-12-24)37(23-26-15-16-27(34)22-28(26)35)32(38)18-14-25-13-17-30(40-5-2)31(21-25)41-6-3/h8-13,15-17,21-22,29H,4-7,14,18-20,23H2,1-3H3,(H,36,39)/t29-/m1/s1. The molecule has 8 heteroatoms. The Bertz CT molecular complexity index is 1270. The van der Waals surface area contributed by atoms with E-state index in [0.29, 0.717) is 54.1 Å². The molecule has 2 amide bonds. The lowest BCUT2D eigenvalue weighted by Gasteiger charge is -2.32. The van der Waals surface area contributed by atoms with E-state index in [9.17, 15) is 9.59 Å². The Morgan fingerprint density at radius 1 is 0.878 bits per heavy atom. The summed E-state index contributed by atoms with van der Waals surface area (Å²) in [7, 11) is 0. The number of benzene rings is 3. The van der Waals surface area contributed by atoms with Gasteiger partial charge in [-0.1, -0.05) is 79.0 Å². The molecule has 3 aromatic rings. The second kappa shape index (κ2) is 16.9. The third-order valence-corrected chi connectivity index (χ3v) is 7.28. The minimum atomic E-state index is -0.715. The lowest BCUT2D eigenvalue weighted by molar-refractivity contribution is -0.141. The molecule has 0 spiro atoms. The molecule has 0 aliphatic heterocycles. The highest BCUT2D eigenvalue weighted by molar-refractivity contribution is 6.35. The summed E-state index contributed by atoms with van der Waals surface area (Å²) >= 11 is 12.7. The molecule has 1 N–H and O–H groups in total. The maximum Gasteiger partial charge on any atom is 0.243 e. The smallest absolute Gasteiger partial charge is 0.243 e. The number of aryl methyl sites for hydroxylation is 1. The van der Waals surface area contributed by atoms with Gasteiger partial charge in [-0.15, -0.1) is 0 Å². The fourth-order valence-corrected chi connectivity index (χ4v) is 5.01. The van der Waals surface area contributed by atoms with Crippen molar-refractivity contribution in [2.24, 2.45) is 0 Å². The Morgan fingerprint density at radius 3 is 2.29 bits per heavy atom. The topological polar surface area (TPSA) is 67.9 Å². The maximum atomic E-state index is 14.0. The summed E-state index contributed by atoms with van der Waals surface area (Å²) in [4.78, 5) is 29.2. The van der Waals surface area contributed by atoms with Gasteiger partial charge >= 0.3 is 0 Å².